The maximum absolute atomic E-state index is 12.5. The average Bonchev–Trinajstić information content (AvgIpc) is 2.69. The van der Waals surface area contributed by atoms with Gasteiger partial charge in [-0.25, -0.2) is 4.99 Å². The number of rotatable bonds is 8. The summed E-state index contributed by atoms with van der Waals surface area (Å²) < 4.78 is 41.6. The van der Waals surface area contributed by atoms with E-state index in [2.05, 4.69) is 25.7 Å². The van der Waals surface area contributed by atoms with E-state index >= 15 is 0 Å². The van der Waals surface area contributed by atoms with Crippen molar-refractivity contribution < 1.29 is 22.7 Å². The van der Waals surface area contributed by atoms with Gasteiger partial charge in [0.25, 0.3) is 5.91 Å². The van der Waals surface area contributed by atoms with E-state index in [-0.39, 0.29) is 18.2 Å². The molecule has 29 heavy (non-hydrogen) atoms. The molecule has 2 aromatic rings. The molecule has 0 radical (unpaired) electrons. The number of amides is 1. The normalized spacial score (nSPS) is 11.7. The number of para-hydroxylation sites is 1. The predicted octanol–water partition coefficient (Wildman–Crippen LogP) is 3.07. The van der Waals surface area contributed by atoms with E-state index in [0.717, 1.165) is 0 Å². The molecule has 0 saturated carbocycles. The van der Waals surface area contributed by atoms with E-state index in [9.17, 15) is 18.0 Å². The summed E-state index contributed by atoms with van der Waals surface area (Å²) >= 11 is 0. The number of alkyl halides is 3. The summed E-state index contributed by atoms with van der Waals surface area (Å²) in [6.07, 6.45) is -4.76. The van der Waals surface area contributed by atoms with Crippen LogP contribution in [0, 0.1) is 0 Å². The minimum absolute atomic E-state index is 0.00202. The third kappa shape index (κ3) is 8.12. The molecule has 3 N–H and O–H groups in total. The Morgan fingerprint density at radius 3 is 2.31 bits per heavy atom. The van der Waals surface area contributed by atoms with Gasteiger partial charge in [0.1, 0.15) is 5.75 Å². The Morgan fingerprint density at radius 1 is 0.966 bits per heavy atom. The van der Waals surface area contributed by atoms with Crippen molar-refractivity contribution >= 4 is 11.9 Å². The van der Waals surface area contributed by atoms with Crippen molar-refractivity contribution in [2.75, 3.05) is 19.6 Å². The predicted molar refractivity (Wildman–Crippen MR) is 105 cm³/mol. The fraction of sp³-hybridized carbons (Fsp3) is 0.300. The SMILES string of the molecule is CCNC(=NCc1ccccc1OC(F)(F)F)NCCNC(=O)c1ccccc1. The minimum atomic E-state index is -4.76. The number of halogens is 3. The number of aliphatic imine (C=N–C) groups is 1. The zero-order chi connectivity index (χ0) is 21.1. The molecule has 0 aliphatic rings. The van der Waals surface area contributed by atoms with Crippen LogP contribution >= 0.6 is 0 Å². The van der Waals surface area contributed by atoms with Crippen LogP contribution in [0.5, 0.6) is 5.75 Å². The monoisotopic (exact) mass is 408 g/mol. The zero-order valence-electron chi connectivity index (χ0n) is 15.9. The van der Waals surface area contributed by atoms with Gasteiger partial charge in [0, 0.05) is 30.8 Å². The molecule has 0 atom stereocenters. The zero-order valence-corrected chi connectivity index (χ0v) is 15.9. The quantitative estimate of drug-likeness (QED) is 0.357. The van der Waals surface area contributed by atoms with Gasteiger partial charge in [-0.2, -0.15) is 0 Å². The molecule has 2 aromatic carbocycles. The standard InChI is InChI=1S/C20H23F3N4O2/c1-2-24-19(26-13-12-25-18(28)15-8-4-3-5-9-15)27-14-16-10-6-7-11-17(16)29-20(21,22)23/h3-11H,2,12-14H2,1H3,(H,25,28)(H2,24,26,27). The second-order valence-corrected chi connectivity index (χ2v) is 5.90. The molecular formula is C20H23F3N4O2. The number of carbonyl (C=O) groups is 1. The highest BCUT2D eigenvalue weighted by molar-refractivity contribution is 5.94. The number of nitrogens with one attached hydrogen (secondary N) is 3. The van der Waals surface area contributed by atoms with Gasteiger partial charge in [-0.3, -0.25) is 4.79 Å². The van der Waals surface area contributed by atoms with Crippen LogP contribution in [0.3, 0.4) is 0 Å². The van der Waals surface area contributed by atoms with Gasteiger partial charge in [-0.1, -0.05) is 36.4 Å². The van der Waals surface area contributed by atoms with E-state index in [1.54, 1.807) is 30.3 Å². The lowest BCUT2D eigenvalue weighted by atomic mass is 10.2. The average molecular weight is 408 g/mol. The molecular weight excluding hydrogens is 385 g/mol. The van der Waals surface area contributed by atoms with E-state index in [1.165, 1.54) is 18.2 Å². The summed E-state index contributed by atoms with van der Waals surface area (Å²) in [7, 11) is 0. The summed E-state index contributed by atoms with van der Waals surface area (Å²) in [4.78, 5) is 16.3. The van der Waals surface area contributed by atoms with Crippen molar-refractivity contribution in [1.29, 1.82) is 0 Å². The first-order valence-electron chi connectivity index (χ1n) is 9.08. The van der Waals surface area contributed by atoms with Crippen LogP contribution < -0.4 is 20.7 Å². The summed E-state index contributed by atoms with van der Waals surface area (Å²) in [5, 5.41) is 8.81. The van der Waals surface area contributed by atoms with E-state index in [0.29, 0.717) is 36.7 Å². The molecule has 0 aliphatic carbocycles. The van der Waals surface area contributed by atoms with Crippen molar-refractivity contribution in [3.05, 3.63) is 65.7 Å². The van der Waals surface area contributed by atoms with Crippen molar-refractivity contribution in [3.63, 3.8) is 0 Å². The minimum Gasteiger partial charge on any atom is -0.405 e. The van der Waals surface area contributed by atoms with Crippen LogP contribution in [0.25, 0.3) is 0 Å². The van der Waals surface area contributed by atoms with E-state index < -0.39 is 6.36 Å². The molecule has 0 bridgehead atoms. The highest BCUT2D eigenvalue weighted by Gasteiger charge is 2.31. The Labute approximate surface area is 167 Å². The lowest BCUT2D eigenvalue weighted by Gasteiger charge is -2.14. The number of nitrogens with zero attached hydrogens (tertiary/aromatic N) is 1. The first kappa shape index (κ1) is 22.1. The lowest BCUT2D eigenvalue weighted by Crippen LogP contribution is -2.41. The number of benzene rings is 2. The van der Waals surface area contributed by atoms with Crippen molar-refractivity contribution in [2.45, 2.75) is 19.8 Å². The molecule has 156 valence electrons. The molecule has 2 rings (SSSR count). The molecule has 0 saturated heterocycles. The van der Waals surface area contributed by atoms with Gasteiger partial charge < -0.3 is 20.7 Å². The van der Waals surface area contributed by atoms with E-state index in [4.69, 9.17) is 0 Å². The summed E-state index contributed by atoms with van der Waals surface area (Å²) in [5.74, 6) is -0.0504. The van der Waals surface area contributed by atoms with Gasteiger partial charge in [-0.15, -0.1) is 13.2 Å². The van der Waals surface area contributed by atoms with Gasteiger partial charge in [0.2, 0.25) is 0 Å². The number of hydrogen-bond acceptors (Lipinski definition) is 3. The Balaban J connectivity index is 1.89. The Kier molecular flexibility index (Phi) is 8.32. The van der Waals surface area contributed by atoms with Crippen molar-refractivity contribution in [2.24, 2.45) is 4.99 Å². The fourth-order valence-electron chi connectivity index (χ4n) is 2.41. The Morgan fingerprint density at radius 2 is 1.62 bits per heavy atom. The maximum Gasteiger partial charge on any atom is 0.573 e. The van der Waals surface area contributed by atoms with Gasteiger partial charge in [-0.05, 0) is 25.1 Å². The highest BCUT2D eigenvalue weighted by Crippen LogP contribution is 2.26. The molecule has 0 spiro atoms. The topological polar surface area (TPSA) is 74.8 Å². The number of carbonyl (C=O) groups excluding carboxylic acids is 1. The molecule has 1 amide bonds. The van der Waals surface area contributed by atoms with Crippen LogP contribution in [0.2, 0.25) is 0 Å². The fourth-order valence-corrected chi connectivity index (χ4v) is 2.41. The van der Waals surface area contributed by atoms with E-state index in [1.807, 2.05) is 13.0 Å². The van der Waals surface area contributed by atoms with Crippen molar-refractivity contribution in [3.8, 4) is 5.75 Å². The maximum atomic E-state index is 12.5. The van der Waals surface area contributed by atoms with Crippen molar-refractivity contribution in [1.82, 2.24) is 16.0 Å². The van der Waals surface area contributed by atoms with Gasteiger partial charge >= 0.3 is 6.36 Å². The third-order valence-electron chi connectivity index (χ3n) is 3.69. The first-order valence-corrected chi connectivity index (χ1v) is 9.08. The molecule has 0 heterocycles. The molecule has 0 aromatic heterocycles. The lowest BCUT2D eigenvalue weighted by molar-refractivity contribution is -0.274. The summed E-state index contributed by atoms with van der Waals surface area (Å²) in [6, 6.07) is 14.7. The van der Waals surface area contributed by atoms with Crippen LogP contribution in [-0.4, -0.2) is 37.9 Å². The molecule has 0 unspecified atom stereocenters. The number of hydrogen-bond donors (Lipinski definition) is 3. The Hall–Kier alpha value is -3.23. The molecule has 9 heteroatoms. The van der Waals surface area contributed by atoms with Crippen LogP contribution in [0.1, 0.15) is 22.8 Å². The smallest absolute Gasteiger partial charge is 0.405 e. The summed E-state index contributed by atoms with van der Waals surface area (Å²) in [6.45, 7) is 3.19. The second-order valence-electron chi connectivity index (χ2n) is 5.90. The van der Waals surface area contributed by atoms with Crippen LogP contribution in [-0.2, 0) is 6.54 Å². The summed E-state index contributed by atoms with van der Waals surface area (Å²) in [5.41, 5.74) is 0.869. The van der Waals surface area contributed by atoms with Crippen LogP contribution in [0.15, 0.2) is 59.6 Å². The largest absolute Gasteiger partial charge is 0.573 e. The van der Waals surface area contributed by atoms with Crippen LogP contribution in [0.4, 0.5) is 13.2 Å². The number of ether oxygens (including phenoxy) is 1. The highest BCUT2D eigenvalue weighted by atomic mass is 19.4. The Bertz CT molecular complexity index is 811. The first-order chi connectivity index (χ1) is 13.9. The molecule has 0 aliphatic heterocycles. The number of guanidine groups is 1. The second kappa shape index (κ2) is 10.9. The van der Waals surface area contributed by atoms with Gasteiger partial charge in [0.15, 0.2) is 5.96 Å². The van der Waals surface area contributed by atoms with Gasteiger partial charge in [0.05, 0.1) is 6.54 Å². The third-order valence-corrected chi connectivity index (χ3v) is 3.69. The molecule has 6 nitrogen and oxygen atoms in total. The molecule has 0 fully saturated rings.